The second-order valence-corrected chi connectivity index (χ2v) is 7.55. The summed E-state index contributed by atoms with van der Waals surface area (Å²) in [6, 6.07) is 25.8. The van der Waals surface area contributed by atoms with E-state index in [0.717, 1.165) is 28.5 Å². The Morgan fingerprint density at radius 2 is 1.58 bits per heavy atom. The van der Waals surface area contributed by atoms with Crippen LogP contribution in [-0.4, -0.2) is 30.9 Å². The lowest BCUT2D eigenvalue weighted by Crippen LogP contribution is -2.09. The number of carbonyl (C=O) groups is 1. The van der Waals surface area contributed by atoms with Crippen LogP contribution in [0.5, 0.6) is 5.75 Å². The molecule has 0 saturated carbocycles. The Kier molecular flexibility index (Phi) is 7.74. The Balaban J connectivity index is 1.28. The van der Waals surface area contributed by atoms with Crippen molar-refractivity contribution in [3.8, 4) is 5.75 Å². The predicted octanol–water partition coefficient (Wildman–Crippen LogP) is 5.61. The lowest BCUT2D eigenvalue weighted by atomic mass is 10.0. The molecule has 1 heterocycles. The Bertz CT molecular complexity index is 1110. The highest BCUT2D eigenvalue weighted by Gasteiger charge is 2.14. The van der Waals surface area contributed by atoms with Crippen LogP contribution in [0.1, 0.15) is 29.2 Å². The summed E-state index contributed by atoms with van der Waals surface area (Å²) >= 11 is 0. The number of rotatable bonds is 12. The number of hydrogen-bond acceptors (Lipinski definition) is 5. The van der Waals surface area contributed by atoms with Crippen molar-refractivity contribution in [3.05, 3.63) is 102 Å². The van der Waals surface area contributed by atoms with Crippen LogP contribution in [0, 0.1) is 0 Å². The molecule has 33 heavy (non-hydrogen) atoms. The molecule has 0 fully saturated rings. The molecule has 6 heteroatoms. The van der Waals surface area contributed by atoms with Crippen LogP contribution in [0.15, 0.2) is 89.5 Å². The summed E-state index contributed by atoms with van der Waals surface area (Å²) in [4.78, 5) is 10.8. The van der Waals surface area contributed by atoms with E-state index < -0.39 is 12.6 Å². The van der Waals surface area contributed by atoms with E-state index >= 15 is 0 Å². The van der Waals surface area contributed by atoms with Gasteiger partial charge in [-0.15, -0.1) is 0 Å². The highest BCUT2D eigenvalue weighted by Crippen LogP contribution is 2.30. The molecule has 0 aliphatic rings. The fraction of sp³-hybridized carbons (Fsp3) is 0.222. The van der Waals surface area contributed by atoms with Crippen molar-refractivity contribution in [2.45, 2.75) is 19.1 Å². The molecule has 0 amide bonds. The van der Waals surface area contributed by atoms with Gasteiger partial charge in [-0.1, -0.05) is 72.8 Å². The van der Waals surface area contributed by atoms with Crippen molar-refractivity contribution in [1.82, 2.24) is 0 Å². The van der Waals surface area contributed by atoms with Crippen molar-refractivity contribution < 1.29 is 28.5 Å². The highest BCUT2D eigenvalue weighted by atomic mass is 16.5. The number of para-hydroxylation sites is 1. The molecular formula is C27H26O6. The molecule has 6 nitrogen and oxygen atoms in total. The number of carboxylic acid groups (broad SMARTS) is 1. The quantitative estimate of drug-likeness (QED) is 0.285. The molecule has 0 spiro atoms. The van der Waals surface area contributed by atoms with Gasteiger partial charge in [-0.2, -0.15) is 0 Å². The summed E-state index contributed by atoms with van der Waals surface area (Å²) < 4.78 is 23.0. The minimum Gasteiger partial charge on any atom is -0.479 e. The predicted molar refractivity (Wildman–Crippen MR) is 124 cm³/mol. The zero-order valence-corrected chi connectivity index (χ0v) is 18.2. The summed E-state index contributed by atoms with van der Waals surface area (Å²) in [5, 5.41) is 9.67. The molecule has 0 aliphatic carbocycles. The minimum atomic E-state index is -1.04. The van der Waals surface area contributed by atoms with E-state index in [1.165, 1.54) is 0 Å². The van der Waals surface area contributed by atoms with E-state index in [-0.39, 0.29) is 6.10 Å². The average molecular weight is 446 g/mol. The van der Waals surface area contributed by atoms with E-state index in [9.17, 15) is 4.79 Å². The summed E-state index contributed by atoms with van der Waals surface area (Å²) in [5.41, 5.74) is 3.65. The fourth-order valence-corrected chi connectivity index (χ4v) is 3.63. The van der Waals surface area contributed by atoms with Gasteiger partial charge in [0, 0.05) is 17.6 Å². The molecule has 4 aromatic rings. The Labute approximate surface area is 192 Å². The SMILES string of the molecule is O=C(O)COc1cccc2c(COCCCOC(c3ccccc3)c3ccccc3)coc12. The Morgan fingerprint density at radius 3 is 2.24 bits per heavy atom. The van der Waals surface area contributed by atoms with Crippen LogP contribution in [0.3, 0.4) is 0 Å². The number of ether oxygens (including phenoxy) is 3. The smallest absolute Gasteiger partial charge is 0.341 e. The zero-order chi connectivity index (χ0) is 22.9. The van der Waals surface area contributed by atoms with Crippen molar-refractivity contribution >= 4 is 16.9 Å². The third-order valence-electron chi connectivity index (χ3n) is 5.17. The van der Waals surface area contributed by atoms with Crippen molar-refractivity contribution in [1.29, 1.82) is 0 Å². The first-order chi connectivity index (χ1) is 16.2. The summed E-state index contributed by atoms with van der Waals surface area (Å²) in [7, 11) is 0. The van der Waals surface area contributed by atoms with Gasteiger partial charge in [0.2, 0.25) is 0 Å². The molecule has 0 aliphatic heterocycles. The summed E-state index contributed by atoms with van der Waals surface area (Å²) in [5.74, 6) is -0.631. The molecule has 0 atom stereocenters. The Morgan fingerprint density at radius 1 is 0.879 bits per heavy atom. The van der Waals surface area contributed by atoms with Crippen LogP contribution in [0.25, 0.3) is 11.0 Å². The molecule has 0 radical (unpaired) electrons. The highest BCUT2D eigenvalue weighted by molar-refractivity contribution is 5.86. The van der Waals surface area contributed by atoms with Crippen LogP contribution in [0.2, 0.25) is 0 Å². The lowest BCUT2D eigenvalue weighted by molar-refractivity contribution is -0.139. The fourth-order valence-electron chi connectivity index (χ4n) is 3.63. The molecular weight excluding hydrogens is 420 g/mol. The molecule has 0 saturated heterocycles. The average Bonchev–Trinajstić information content (AvgIpc) is 3.27. The van der Waals surface area contributed by atoms with Crippen LogP contribution in [0.4, 0.5) is 0 Å². The maximum atomic E-state index is 10.8. The second-order valence-electron chi connectivity index (χ2n) is 7.55. The number of benzene rings is 3. The molecule has 0 bridgehead atoms. The van der Waals surface area contributed by atoms with Gasteiger partial charge in [-0.25, -0.2) is 4.79 Å². The van der Waals surface area contributed by atoms with Gasteiger partial charge >= 0.3 is 5.97 Å². The number of fused-ring (bicyclic) bond motifs is 1. The van der Waals surface area contributed by atoms with Gasteiger partial charge in [0.25, 0.3) is 0 Å². The molecule has 170 valence electrons. The van der Waals surface area contributed by atoms with Crippen LogP contribution < -0.4 is 4.74 Å². The van der Waals surface area contributed by atoms with Crippen LogP contribution in [-0.2, 0) is 20.9 Å². The van der Waals surface area contributed by atoms with Gasteiger partial charge in [0.15, 0.2) is 17.9 Å². The first-order valence-corrected chi connectivity index (χ1v) is 10.9. The minimum absolute atomic E-state index is 0.116. The lowest BCUT2D eigenvalue weighted by Gasteiger charge is -2.19. The molecule has 0 unspecified atom stereocenters. The van der Waals surface area contributed by atoms with E-state index in [2.05, 4.69) is 24.3 Å². The maximum absolute atomic E-state index is 10.8. The van der Waals surface area contributed by atoms with Gasteiger partial charge in [0.05, 0.1) is 19.5 Å². The van der Waals surface area contributed by atoms with E-state index in [0.29, 0.717) is 31.2 Å². The van der Waals surface area contributed by atoms with Crippen molar-refractivity contribution in [2.75, 3.05) is 19.8 Å². The summed E-state index contributed by atoms with van der Waals surface area (Å²) in [6.45, 7) is 1.07. The van der Waals surface area contributed by atoms with E-state index in [4.69, 9.17) is 23.7 Å². The Hall–Kier alpha value is -3.61. The maximum Gasteiger partial charge on any atom is 0.341 e. The third kappa shape index (κ3) is 6.00. The van der Waals surface area contributed by atoms with Crippen LogP contribution >= 0.6 is 0 Å². The largest absolute Gasteiger partial charge is 0.479 e. The van der Waals surface area contributed by atoms with Gasteiger partial charge in [0.1, 0.15) is 6.10 Å². The van der Waals surface area contributed by atoms with Gasteiger partial charge in [-0.05, 0) is 23.6 Å². The molecule has 1 N–H and O–H groups in total. The first kappa shape index (κ1) is 22.6. The van der Waals surface area contributed by atoms with Gasteiger partial charge in [-0.3, -0.25) is 0 Å². The third-order valence-corrected chi connectivity index (χ3v) is 5.17. The number of hydrogen-bond donors (Lipinski definition) is 1. The number of furan rings is 1. The zero-order valence-electron chi connectivity index (χ0n) is 18.2. The monoisotopic (exact) mass is 446 g/mol. The van der Waals surface area contributed by atoms with E-state index in [1.807, 2.05) is 42.5 Å². The van der Waals surface area contributed by atoms with Crippen molar-refractivity contribution in [3.63, 3.8) is 0 Å². The standard InChI is InChI=1S/C27H26O6/c28-25(29)19-32-24-14-7-13-23-22(18-33-27(23)24)17-30-15-8-16-31-26(20-9-3-1-4-10-20)21-11-5-2-6-12-21/h1-7,9-14,18,26H,8,15-17,19H2,(H,28,29). The normalized spacial score (nSPS) is 11.2. The number of aliphatic carboxylic acids is 1. The molecule has 3 aromatic carbocycles. The van der Waals surface area contributed by atoms with E-state index in [1.54, 1.807) is 18.4 Å². The van der Waals surface area contributed by atoms with Crippen molar-refractivity contribution in [2.24, 2.45) is 0 Å². The molecule has 1 aromatic heterocycles. The first-order valence-electron chi connectivity index (χ1n) is 10.9. The number of carboxylic acids is 1. The van der Waals surface area contributed by atoms with Gasteiger partial charge < -0.3 is 23.7 Å². The molecule has 4 rings (SSSR count). The summed E-state index contributed by atoms with van der Waals surface area (Å²) in [6.07, 6.45) is 2.25. The topological polar surface area (TPSA) is 78.1 Å². The second kappa shape index (κ2) is 11.3.